The number of unbranched alkanes of at least 4 members (excludes halogenated alkanes) is 1. The minimum Gasteiger partial charge on any atom is -0.456 e. The van der Waals surface area contributed by atoms with Crippen LogP contribution in [0.2, 0.25) is 0 Å². The lowest BCUT2D eigenvalue weighted by Crippen LogP contribution is -2.61. The predicted octanol–water partition coefficient (Wildman–Crippen LogP) is 17.0. The molecule has 0 saturated carbocycles. The van der Waals surface area contributed by atoms with Crippen molar-refractivity contribution in [3.8, 4) is 44.5 Å². The minimum absolute atomic E-state index is 0.114. The molecule has 0 bridgehead atoms. The van der Waals surface area contributed by atoms with Gasteiger partial charge in [-0.25, -0.2) is 0 Å². The van der Waals surface area contributed by atoms with Crippen molar-refractivity contribution >= 4 is 79.2 Å². The highest BCUT2D eigenvalue weighted by atomic mass is 16.3. The zero-order valence-corrected chi connectivity index (χ0v) is 41.4. The van der Waals surface area contributed by atoms with Crippen LogP contribution in [0.25, 0.3) is 66.4 Å². The van der Waals surface area contributed by atoms with E-state index in [1.807, 2.05) is 0 Å². The van der Waals surface area contributed by atoms with E-state index in [4.69, 9.17) is 4.42 Å². The summed E-state index contributed by atoms with van der Waals surface area (Å²) in [4.78, 5) is 5.31. The Hall–Kier alpha value is -8.34. The van der Waals surface area contributed by atoms with Crippen LogP contribution in [-0.4, -0.2) is 6.71 Å². The van der Waals surface area contributed by atoms with E-state index in [1.165, 1.54) is 100 Å². The van der Waals surface area contributed by atoms with Crippen LogP contribution < -0.4 is 26.2 Å². The van der Waals surface area contributed by atoms with Gasteiger partial charge in [-0.05, 0) is 116 Å². The van der Waals surface area contributed by atoms with Crippen molar-refractivity contribution in [2.24, 2.45) is 0 Å². The van der Waals surface area contributed by atoms with Crippen molar-refractivity contribution in [2.45, 2.75) is 52.4 Å². The van der Waals surface area contributed by atoms with Crippen LogP contribution in [0.5, 0.6) is 0 Å². The Morgan fingerprint density at radius 1 is 0.431 bits per heavy atom. The normalized spacial score (nSPS) is 12.8. The third-order valence-electron chi connectivity index (χ3n) is 15.2. The maximum absolute atomic E-state index is 6.80. The molecule has 346 valence electrons. The smallest absolute Gasteiger partial charge is 0.252 e. The van der Waals surface area contributed by atoms with E-state index >= 15 is 0 Å². The molecule has 1 aromatic heterocycles. The van der Waals surface area contributed by atoms with Gasteiger partial charge in [0.1, 0.15) is 11.2 Å². The Morgan fingerprint density at radius 2 is 0.931 bits per heavy atom. The standard InChI is InChI=1S/C68H55BN2O/c1-5-6-22-49-37-40-63-64(55-31-19-20-34-62(55)72-63)66(49)70-58-38-35-50(45-23-11-7-12-24-45)41-56(58)69-57-42-51(46-25-13-8-14-26-46)36-39-59(57)71(61-44-52(68(2,3)4)43-60(70)65(61)69)67-53(47-27-15-9-16-28-47)32-21-33-54(67)48-29-17-10-18-30-48/h7-21,23-44H,5-6,22H2,1-4H3. The molecule has 0 N–H and O–H groups in total. The Kier molecular flexibility index (Phi) is 10.6. The van der Waals surface area contributed by atoms with Gasteiger partial charge in [0, 0.05) is 39.3 Å². The zero-order valence-electron chi connectivity index (χ0n) is 41.4. The van der Waals surface area contributed by atoms with E-state index in [2.05, 4.69) is 262 Å². The van der Waals surface area contributed by atoms with E-state index in [0.717, 1.165) is 46.9 Å². The number of furan rings is 1. The van der Waals surface area contributed by atoms with E-state index in [-0.39, 0.29) is 12.1 Å². The summed E-state index contributed by atoms with van der Waals surface area (Å²) < 4.78 is 6.80. The summed E-state index contributed by atoms with van der Waals surface area (Å²) in [6.07, 6.45) is 3.12. The summed E-state index contributed by atoms with van der Waals surface area (Å²) in [5.74, 6) is 0. The average Bonchev–Trinajstić information content (AvgIpc) is 3.82. The van der Waals surface area contributed by atoms with Crippen molar-refractivity contribution in [1.82, 2.24) is 0 Å². The molecule has 13 rings (SSSR count). The van der Waals surface area contributed by atoms with Crippen LogP contribution in [0.3, 0.4) is 0 Å². The number of benzene rings is 10. The predicted molar refractivity (Wildman–Crippen MR) is 307 cm³/mol. The van der Waals surface area contributed by atoms with E-state index < -0.39 is 0 Å². The molecule has 0 atom stereocenters. The van der Waals surface area contributed by atoms with Gasteiger partial charge >= 0.3 is 0 Å². The van der Waals surface area contributed by atoms with Crippen molar-refractivity contribution < 1.29 is 4.42 Å². The monoisotopic (exact) mass is 926 g/mol. The fourth-order valence-corrected chi connectivity index (χ4v) is 11.7. The van der Waals surface area contributed by atoms with E-state index in [1.54, 1.807) is 0 Å². The molecule has 4 heteroatoms. The third kappa shape index (κ3) is 7.19. The van der Waals surface area contributed by atoms with Crippen LogP contribution in [0, 0.1) is 0 Å². The molecule has 0 fully saturated rings. The van der Waals surface area contributed by atoms with E-state index in [0.29, 0.717) is 0 Å². The molecule has 0 unspecified atom stereocenters. The van der Waals surface area contributed by atoms with E-state index in [9.17, 15) is 0 Å². The number of fused-ring (bicyclic) bond motifs is 7. The van der Waals surface area contributed by atoms with Crippen LogP contribution in [0.1, 0.15) is 51.7 Å². The molecule has 2 aliphatic rings. The number of anilines is 6. The highest BCUT2D eigenvalue weighted by Gasteiger charge is 2.46. The summed E-state index contributed by atoms with van der Waals surface area (Å²) in [7, 11) is 0. The van der Waals surface area contributed by atoms with Crippen molar-refractivity contribution in [3.63, 3.8) is 0 Å². The summed E-state index contributed by atoms with van der Waals surface area (Å²) in [6.45, 7) is 9.28. The topological polar surface area (TPSA) is 19.6 Å². The molecule has 10 aromatic carbocycles. The number of hydrogen-bond donors (Lipinski definition) is 0. The fraction of sp³-hybridized carbons (Fsp3) is 0.118. The molecule has 11 aromatic rings. The molecular formula is C68H55BN2O. The lowest BCUT2D eigenvalue weighted by atomic mass is 9.33. The third-order valence-corrected chi connectivity index (χ3v) is 15.2. The quantitative estimate of drug-likeness (QED) is 0.135. The van der Waals surface area contributed by atoms with Gasteiger partial charge in [-0.1, -0.05) is 222 Å². The summed E-state index contributed by atoms with van der Waals surface area (Å²) in [5, 5.41) is 2.29. The number of nitrogens with zero attached hydrogens (tertiary/aromatic N) is 2. The first-order valence-corrected chi connectivity index (χ1v) is 25.7. The Balaban J connectivity index is 1.22. The Bertz CT molecular complexity index is 3780. The van der Waals surface area contributed by atoms with Crippen molar-refractivity contribution in [3.05, 3.63) is 236 Å². The molecule has 0 saturated heterocycles. The first-order chi connectivity index (χ1) is 35.3. The maximum atomic E-state index is 6.80. The van der Waals surface area contributed by atoms with Gasteiger partial charge in [0.05, 0.1) is 16.8 Å². The van der Waals surface area contributed by atoms with Gasteiger partial charge in [0.15, 0.2) is 0 Å². The Labute approximate surface area is 423 Å². The Morgan fingerprint density at radius 3 is 1.46 bits per heavy atom. The molecule has 0 radical (unpaired) electrons. The SMILES string of the molecule is CCCCc1ccc2oc3ccccc3c2c1N1c2ccc(-c3ccccc3)cc2B2c3cc(-c4ccccc4)ccc3N(c3c(-c4ccccc4)cccc3-c3ccccc3)c3cc(C(C)(C)C)cc1c32. The molecule has 0 amide bonds. The molecule has 2 aliphatic heterocycles. The molecule has 72 heavy (non-hydrogen) atoms. The minimum atomic E-state index is -0.201. The van der Waals surface area contributed by atoms with Crippen molar-refractivity contribution in [2.75, 3.05) is 9.80 Å². The number of aryl methyl sites for hydroxylation is 1. The van der Waals surface area contributed by atoms with Crippen LogP contribution >= 0.6 is 0 Å². The second kappa shape index (κ2) is 17.5. The zero-order chi connectivity index (χ0) is 48.5. The molecule has 3 nitrogen and oxygen atoms in total. The summed E-state index contributed by atoms with van der Waals surface area (Å²) in [5.41, 5.74) is 24.7. The number of hydrogen-bond acceptors (Lipinski definition) is 3. The highest BCUT2D eigenvalue weighted by molar-refractivity contribution is 7.00. The van der Waals surface area contributed by atoms with Gasteiger partial charge in [0.25, 0.3) is 6.71 Å². The average molecular weight is 927 g/mol. The maximum Gasteiger partial charge on any atom is 0.252 e. The molecule has 0 spiro atoms. The molecule has 3 heterocycles. The van der Waals surface area contributed by atoms with Gasteiger partial charge in [0.2, 0.25) is 0 Å². The fourth-order valence-electron chi connectivity index (χ4n) is 11.7. The van der Waals surface area contributed by atoms with Crippen LogP contribution in [-0.2, 0) is 11.8 Å². The first-order valence-electron chi connectivity index (χ1n) is 25.7. The van der Waals surface area contributed by atoms with Gasteiger partial charge < -0.3 is 14.2 Å². The summed E-state index contributed by atoms with van der Waals surface area (Å²) in [6, 6.07) is 83.4. The van der Waals surface area contributed by atoms with Gasteiger partial charge in [-0.15, -0.1) is 0 Å². The van der Waals surface area contributed by atoms with Gasteiger partial charge in [-0.3, -0.25) is 0 Å². The second-order valence-corrected chi connectivity index (χ2v) is 20.6. The number of para-hydroxylation sites is 2. The molecular weight excluding hydrogens is 872 g/mol. The van der Waals surface area contributed by atoms with Crippen LogP contribution in [0.15, 0.2) is 229 Å². The largest absolute Gasteiger partial charge is 0.456 e. The van der Waals surface area contributed by atoms with Gasteiger partial charge in [-0.2, -0.15) is 0 Å². The van der Waals surface area contributed by atoms with Crippen molar-refractivity contribution in [1.29, 1.82) is 0 Å². The summed E-state index contributed by atoms with van der Waals surface area (Å²) >= 11 is 0. The highest BCUT2D eigenvalue weighted by Crippen LogP contribution is 2.53. The molecule has 0 aliphatic carbocycles. The number of rotatable bonds is 9. The lowest BCUT2D eigenvalue weighted by molar-refractivity contribution is 0.590. The van der Waals surface area contributed by atoms with Crippen LogP contribution in [0.4, 0.5) is 34.1 Å². The second-order valence-electron chi connectivity index (χ2n) is 20.6. The lowest BCUT2D eigenvalue weighted by Gasteiger charge is -2.46. The first kappa shape index (κ1) is 43.7.